The van der Waals surface area contributed by atoms with Crippen LogP contribution in [0.1, 0.15) is 23.0 Å². The van der Waals surface area contributed by atoms with Crippen LogP contribution in [0.25, 0.3) is 0 Å². The Morgan fingerprint density at radius 1 is 1.00 bits per heavy atom. The molecule has 0 bridgehead atoms. The average molecular weight is 265 g/mol. The van der Waals surface area contributed by atoms with E-state index in [4.69, 9.17) is 4.74 Å². The van der Waals surface area contributed by atoms with Gasteiger partial charge in [-0.05, 0) is 11.1 Å². The highest BCUT2D eigenvalue weighted by atomic mass is 16.5. The topological polar surface area (TPSA) is 50.1 Å². The molecule has 0 aromatic heterocycles. The quantitative estimate of drug-likeness (QED) is 0.797. The molecular formula is C17H15NO2. The minimum absolute atomic E-state index is 0.397. The molecule has 0 saturated heterocycles. The lowest BCUT2D eigenvalue weighted by molar-refractivity contribution is -0.142. The Morgan fingerprint density at radius 2 is 1.50 bits per heavy atom. The fourth-order valence-electron chi connectivity index (χ4n) is 2.25. The van der Waals surface area contributed by atoms with Crippen LogP contribution in [0, 0.1) is 11.3 Å². The van der Waals surface area contributed by atoms with Gasteiger partial charge in [0.15, 0.2) is 0 Å². The highest BCUT2D eigenvalue weighted by molar-refractivity contribution is 5.80. The molecule has 2 aromatic carbocycles. The van der Waals surface area contributed by atoms with Gasteiger partial charge in [0.25, 0.3) is 0 Å². The maximum Gasteiger partial charge on any atom is 0.314 e. The molecule has 0 spiro atoms. The number of hydrogen-bond donors (Lipinski definition) is 0. The van der Waals surface area contributed by atoms with E-state index < -0.39 is 17.8 Å². The van der Waals surface area contributed by atoms with Crippen molar-refractivity contribution in [2.45, 2.75) is 11.8 Å². The smallest absolute Gasteiger partial charge is 0.314 e. The first-order valence-electron chi connectivity index (χ1n) is 6.35. The minimum Gasteiger partial charge on any atom is -0.469 e. The van der Waals surface area contributed by atoms with E-state index in [0.29, 0.717) is 0 Å². The Kier molecular flexibility index (Phi) is 4.52. The second-order valence-corrected chi connectivity index (χ2v) is 4.43. The molecule has 0 fully saturated rings. The predicted octanol–water partition coefficient (Wildman–Crippen LogP) is 3.25. The van der Waals surface area contributed by atoms with Gasteiger partial charge in [0, 0.05) is 0 Å². The zero-order valence-corrected chi connectivity index (χ0v) is 11.2. The van der Waals surface area contributed by atoms with Gasteiger partial charge in [-0.1, -0.05) is 60.7 Å². The van der Waals surface area contributed by atoms with Crippen LogP contribution in [0.4, 0.5) is 0 Å². The molecular weight excluding hydrogens is 250 g/mol. The first-order valence-corrected chi connectivity index (χ1v) is 6.35. The summed E-state index contributed by atoms with van der Waals surface area (Å²) in [4.78, 5) is 12.1. The summed E-state index contributed by atoms with van der Waals surface area (Å²) >= 11 is 0. The second kappa shape index (κ2) is 6.53. The molecule has 3 nitrogen and oxygen atoms in total. The second-order valence-electron chi connectivity index (χ2n) is 4.43. The van der Waals surface area contributed by atoms with Crippen LogP contribution in [0.5, 0.6) is 0 Å². The van der Waals surface area contributed by atoms with Crippen molar-refractivity contribution < 1.29 is 9.53 Å². The number of benzene rings is 2. The Labute approximate surface area is 118 Å². The molecule has 0 radical (unpaired) electrons. The van der Waals surface area contributed by atoms with Gasteiger partial charge in [-0.3, -0.25) is 4.79 Å². The van der Waals surface area contributed by atoms with Gasteiger partial charge < -0.3 is 4.74 Å². The lowest BCUT2D eigenvalue weighted by Crippen LogP contribution is -2.21. The monoisotopic (exact) mass is 265 g/mol. The van der Waals surface area contributed by atoms with Crippen LogP contribution in [0.2, 0.25) is 0 Å². The van der Waals surface area contributed by atoms with E-state index in [9.17, 15) is 10.1 Å². The summed E-state index contributed by atoms with van der Waals surface area (Å²) in [6, 6.07) is 20.8. The molecule has 0 aliphatic carbocycles. The van der Waals surface area contributed by atoms with E-state index in [1.807, 2.05) is 60.7 Å². The summed E-state index contributed by atoms with van der Waals surface area (Å²) in [6.07, 6.45) is 0. The Bertz CT molecular complexity index is 602. The fraction of sp³-hybridized carbons (Fsp3) is 0.176. The molecule has 2 rings (SSSR count). The third-order valence-corrected chi connectivity index (χ3v) is 3.24. The van der Waals surface area contributed by atoms with Crippen molar-refractivity contribution >= 4 is 5.97 Å². The molecule has 0 amide bonds. The molecule has 2 aromatic rings. The van der Waals surface area contributed by atoms with E-state index in [1.54, 1.807) is 0 Å². The van der Waals surface area contributed by atoms with Crippen LogP contribution in [-0.4, -0.2) is 13.1 Å². The fourth-order valence-corrected chi connectivity index (χ4v) is 2.25. The Hall–Kier alpha value is -2.60. The Morgan fingerprint density at radius 3 is 1.95 bits per heavy atom. The SMILES string of the molecule is COC(=O)[C@@H](c1ccccc1)[C@@H](C#N)c1ccccc1. The van der Waals surface area contributed by atoms with Crippen LogP contribution >= 0.6 is 0 Å². The molecule has 2 atom stereocenters. The van der Waals surface area contributed by atoms with Crippen molar-refractivity contribution in [3.05, 3.63) is 71.8 Å². The number of esters is 1. The minimum atomic E-state index is -0.617. The first-order chi connectivity index (χ1) is 9.77. The molecule has 0 aliphatic heterocycles. The van der Waals surface area contributed by atoms with Gasteiger partial charge in [0.2, 0.25) is 0 Å². The number of hydrogen-bond acceptors (Lipinski definition) is 3. The van der Waals surface area contributed by atoms with Gasteiger partial charge in [-0.25, -0.2) is 0 Å². The molecule has 100 valence electrons. The summed E-state index contributed by atoms with van der Waals surface area (Å²) in [5.41, 5.74) is 1.60. The van der Waals surface area contributed by atoms with Crippen molar-refractivity contribution in [1.29, 1.82) is 5.26 Å². The zero-order valence-electron chi connectivity index (χ0n) is 11.2. The predicted molar refractivity (Wildman–Crippen MR) is 76.0 cm³/mol. The van der Waals surface area contributed by atoms with Gasteiger partial charge in [0.05, 0.1) is 19.1 Å². The highest BCUT2D eigenvalue weighted by Crippen LogP contribution is 2.33. The lowest BCUT2D eigenvalue weighted by Gasteiger charge is -2.20. The van der Waals surface area contributed by atoms with Crippen molar-refractivity contribution in [2.75, 3.05) is 7.11 Å². The van der Waals surface area contributed by atoms with Crippen molar-refractivity contribution in [3.8, 4) is 6.07 Å². The van der Waals surface area contributed by atoms with E-state index >= 15 is 0 Å². The lowest BCUT2D eigenvalue weighted by atomic mass is 9.82. The number of carbonyl (C=O) groups excluding carboxylic acids is 1. The number of nitriles is 1. The van der Waals surface area contributed by atoms with Gasteiger partial charge in [-0.15, -0.1) is 0 Å². The standard InChI is InChI=1S/C17H15NO2/c1-20-17(19)16(14-10-6-3-7-11-14)15(12-18)13-8-4-2-5-9-13/h2-11,15-16H,1H3/t15-,16-/m0/s1. The van der Waals surface area contributed by atoms with Crippen LogP contribution in [0.15, 0.2) is 60.7 Å². The number of nitrogens with zero attached hydrogens (tertiary/aromatic N) is 1. The number of methoxy groups -OCH3 is 1. The summed E-state index contributed by atoms with van der Waals surface area (Å²) < 4.78 is 4.88. The van der Waals surface area contributed by atoms with Crippen molar-refractivity contribution in [1.82, 2.24) is 0 Å². The normalized spacial score (nSPS) is 13.0. The number of carbonyl (C=O) groups is 1. The summed E-state index contributed by atoms with van der Waals surface area (Å²) in [5.74, 6) is -1.58. The summed E-state index contributed by atoms with van der Waals surface area (Å²) in [6.45, 7) is 0. The van der Waals surface area contributed by atoms with Crippen molar-refractivity contribution in [2.24, 2.45) is 0 Å². The molecule has 3 heteroatoms. The van der Waals surface area contributed by atoms with Crippen LogP contribution < -0.4 is 0 Å². The van der Waals surface area contributed by atoms with Gasteiger partial charge in [0.1, 0.15) is 5.92 Å². The number of rotatable bonds is 4. The molecule has 0 aliphatic rings. The van der Waals surface area contributed by atoms with Crippen molar-refractivity contribution in [3.63, 3.8) is 0 Å². The van der Waals surface area contributed by atoms with Gasteiger partial charge in [-0.2, -0.15) is 5.26 Å². The summed E-state index contributed by atoms with van der Waals surface area (Å²) in [5, 5.41) is 9.50. The highest BCUT2D eigenvalue weighted by Gasteiger charge is 2.31. The molecule has 20 heavy (non-hydrogen) atoms. The van der Waals surface area contributed by atoms with E-state index in [0.717, 1.165) is 11.1 Å². The van der Waals surface area contributed by atoms with E-state index in [-0.39, 0.29) is 0 Å². The first kappa shape index (κ1) is 13.8. The van der Waals surface area contributed by atoms with E-state index in [2.05, 4.69) is 6.07 Å². The maximum atomic E-state index is 12.1. The van der Waals surface area contributed by atoms with Crippen LogP contribution in [0.3, 0.4) is 0 Å². The zero-order chi connectivity index (χ0) is 14.4. The molecule has 0 N–H and O–H groups in total. The molecule has 0 heterocycles. The molecule has 0 saturated carbocycles. The third-order valence-electron chi connectivity index (χ3n) is 3.24. The average Bonchev–Trinajstić information content (AvgIpc) is 2.53. The van der Waals surface area contributed by atoms with Gasteiger partial charge >= 0.3 is 5.97 Å². The Balaban J connectivity index is 2.46. The number of ether oxygens (including phenoxy) is 1. The summed E-state index contributed by atoms with van der Waals surface area (Å²) in [7, 11) is 1.34. The van der Waals surface area contributed by atoms with Crippen LogP contribution in [-0.2, 0) is 9.53 Å². The third kappa shape index (κ3) is 2.86. The largest absolute Gasteiger partial charge is 0.469 e. The molecule has 0 unspecified atom stereocenters. The maximum absolute atomic E-state index is 12.1. The van der Waals surface area contributed by atoms with E-state index in [1.165, 1.54) is 7.11 Å².